The summed E-state index contributed by atoms with van der Waals surface area (Å²) in [6.45, 7) is 12.5. The van der Waals surface area contributed by atoms with E-state index in [2.05, 4.69) is 50.0 Å². The van der Waals surface area contributed by atoms with Crippen LogP contribution in [0.25, 0.3) is 0 Å². The SMILES string of the molecule is CCC(C)C1CNC(C(C)C)CN1Cc1ccc(Cl)cc1. The third-order valence-electron chi connectivity index (χ3n) is 4.89. The largest absolute Gasteiger partial charge is 0.311 e. The van der Waals surface area contributed by atoms with Crippen LogP contribution in [0, 0.1) is 11.8 Å². The fraction of sp³-hybridized carbons (Fsp3) is 0.667. The minimum absolute atomic E-state index is 0.595. The van der Waals surface area contributed by atoms with E-state index in [9.17, 15) is 0 Å². The molecule has 3 heteroatoms. The van der Waals surface area contributed by atoms with Gasteiger partial charge in [-0.15, -0.1) is 0 Å². The maximum atomic E-state index is 6.00. The van der Waals surface area contributed by atoms with Crippen LogP contribution >= 0.6 is 11.6 Å². The van der Waals surface area contributed by atoms with Crippen LogP contribution in [-0.2, 0) is 6.54 Å². The number of halogens is 1. The molecule has 1 heterocycles. The highest BCUT2D eigenvalue weighted by Gasteiger charge is 2.31. The van der Waals surface area contributed by atoms with E-state index in [1.807, 2.05) is 12.1 Å². The van der Waals surface area contributed by atoms with Crippen LogP contribution in [0.2, 0.25) is 5.02 Å². The molecule has 0 amide bonds. The Kier molecular flexibility index (Phi) is 6.09. The topological polar surface area (TPSA) is 15.3 Å². The Morgan fingerprint density at radius 2 is 1.90 bits per heavy atom. The summed E-state index contributed by atoms with van der Waals surface area (Å²) in [6.07, 6.45) is 1.23. The molecule has 1 aromatic carbocycles. The molecule has 1 saturated heterocycles. The molecule has 0 saturated carbocycles. The number of benzene rings is 1. The standard InChI is InChI=1S/C18H29ClN2/c1-5-14(4)18-10-20-17(13(2)3)12-21(18)11-15-6-8-16(19)9-7-15/h6-9,13-14,17-18,20H,5,10-12H2,1-4H3. The van der Waals surface area contributed by atoms with Crippen molar-refractivity contribution in [3.05, 3.63) is 34.9 Å². The fourth-order valence-electron chi connectivity index (χ4n) is 3.14. The second-order valence-corrected chi connectivity index (χ2v) is 7.20. The van der Waals surface area contributed by atoms with Crippen molar-refractivity contribution in [3.8, 4) is 0 Å². The molecule has 3 unspecified atom stereocenters. The van der Waals surface area contributed by atoms with E-state index in [4.69, 9.17) is 11.6 Å². The van der Waals surface area contributed by atoms with Crippen LogP contribution in [-0.4, -0.2) is 30.1 Å². The van der Waals surface area contributed by atoms with Gasteiger partial charge in [-0.05, 0) is 29.5 Å². The normalized spacial score (nSPS) is 25.2. The highest BCUT2D eigenvalue weighted by molar-refractivity contribution is 6.30. The smallest absolute Gasteiger partial charge is 0.0406 e. The number of rotatable bonds is 5. The molecule has 0 radical (unpaired) electrons. The maximum absolute atomic E-state index is 6.00. The minimum atomic E-state index is 0.595. The van der Waals surface area contributed by atoms with Crippen LogP contribution in [0.5, 0.6) is 0 Å². The Balaban J connectivity index is 2.10. The van der Waals surface area contributed by atoms with Crippen LogP contribution in [0.4, 0.5) is 0 Å². The molecule has 1 aliphatic rings. The van der Waals surface area contributed by atoms with Gasteiger partial charge in [0.15, 0.2) is 0 Å². The summed E-state index contributed by atoms with van der Waals surface area (Å²) < 4.78 is 0. The Morgan fingerprint density at radius 1 is 1.24 bits per heavy atom. The lowest BCUT2D eigenvalue weighted by Crippen LogP contribution is -2.59. The zero-order valence-corrected chi connectivity index (χ0v) is 14.5. The van der Waals surface area contributed by atoms with Gasteiger partial charge in [-0.1, -0.05) is 57.8 Å². The summed E-state index contributed by atoms with van der Waals surface area (Å²) in [6, 6.07) is 9.53. The van der Waals surface area contributed by atoms with Gasteiger partial charge in [0, 0.05) is 36.7 Å². The van der Waals surface area contributed by atoms with Crippen LogP contribution in [0.15, 0.2) is 24.3 Å². The molecule has 2 rings (SSSR count). The van der Waals surface area contributed by atoms with Gasteiger partial charge in [0.05, 0.1) is 0 Å². The average molecular weight is 309 g/mol. The van der Waals surface area contributed by atoms with Crippen molar-refractivity contribution in [1.82, 2.24) is 10.2 Å². The van der Waals surface area contributed by atoms with E-state index in [1.165, 1.54) is 12.0 Å². The average Bonchev–Trinajstić information content (AvgIpc) is 2.48. The Morgan fingerprint density at radius 3 is 2.48 bits per heavy atom. The quantitative estimate of drug-likeness (QED) is 0.877. The summed E-state index contributed by atoms with van der Waals surface area (Å²) in [5.41, 5.74) is 1.36. The molecule has 118 valence electrons. The molecule has 1 aromatic rings. The van der Waals surface area contributed by atoms with E-state index in [-0.39, 0.29) is 0 Å². The van der Waals surface area contributed by atoms with E-state index in [0.29, 0.717) is 18.0 Å². The molecule has 2 nitrogen and oxygen atoms in total. The van der Waals surface area contributed by atoms with Gasteiger partial charge in [0.25, 0.3) is 0 Å². The first-order valence-electron chi connectivity index (χ1n) is 8.23. The van der Waals surface area contributed by atoms with Crippen molar-refractivity contribution in [1.29, 1.82) is 0 Å². The second-order valence-electron chi connectivity index (χ2n) is 6.77. The molecular formula is C18H29ClN2. The fourth-order valence-corrected chi connectivity index (χ4v) is 3.27. The first kappa shape index (κ1) is 16.8. The first-order valence-corrected chi connectivity index (χ1v) is 8.61. The molecular weight excluding hydrogens is 280 g/mol. The lowest BCUT2D eigenvalue weighted by Gasteiger charge is -2.44. The number of nitrogens with zero attached hydrogens (tertiary/aromatic N) is 1. The van der Waals surface area contributed by atoms with Gasteiger partial charge >= 0.3 is 0 Å². The predicted octanol–water partition coefficient (Wildman–Crippen LogP) is 4.18. The van der Waals surface area contributed by atoms with Gasteiger partial charge < -0.3 is 5.32 Å². The van der Waals surface area contributed by atoms with Crippen LogP contribution in [0.3, 0.4) is 0 Å². The van der Waals surface area contributed by atoms with E-state index in [0.717, 1.165) is 30.6 Å². The highest BCUT2D eigenvalue weighted by Crippen LogP contribution is 2.23. The summed E-state index contributed by atoms with van der Waals surface area (Å²) in [5.74, 6) is 1.40. The molecule has 1 N–H and O–H groups in total. The zero-order valence-electron chi connectivity index (χ0n) is 13.8. The van der Waals surface area contributed by atoms with Crippen molar-refractivity contribution in [2.24, 2.45) is 11.8 Å². The summed E-state index contributed by atoms with van der Waals surface area (Å²) in [4.78, 5) is 2.67. The summed E-state index contributed by atoms with van der Waals surface area (Å²) in [7, 11) is 0. The molecule has 1 aliphatic heterocycles. The molecule has 0 spiro atoms. The lowest BCUT2D eigenvalue weighted by molar-refractivity contribution is 0.0722. The van der Waals surface area contributed by atoms with Crippen molar-refractivity contribution in [2.45, 2.75) is 52.7 Å². The Hall–Kier alpha value is -0.570. The van der Waals surface area contributed by atoms with Crippen LogP contribution < -0.4 is 5.32 Å². The summed E-state index contributed by atoms with van der Waals surface area (Å²) >= 11 is 6.00. The monoisotopic (exact) mass is 308 g/mol. The number of hydrogen-bond acceptors (Lipinski definition) is 2. The van der Waals surface area contributed by atoms with E-state index < -0.39 is 0 Å². The van der Waals surface area contributed by atoms with Crippen molar-refractivity contribution >= 4 is 11.6 Å². The Labute approximate surface area is 134 Å². The minimum Gasteiger partial charge on any atom is -0.311 e. The number of nitrogens with one attached hydrogen (secondary N) is 1. The van der Waals surface area contributed by atoms with Gasteiger partial charge in [-0.25, -0.2) is 0 Å². The van der Waals surface area contributed by atoms with Crippen LogP contribution in [0.1, 0.15) is 39.7 Å². The van der Waals surface area contributed by atoms with Crippen molar-refractivity contribution in [2.75, 3.05) is 13.1 Å². The second kappa shape index (κ2) is 7.62. The highest BCUT2D eigenvalue weighted by atomic mass is 35.5. The lowest BCUT2D eigenvalue weighted by atomic mass is 9.91. The molecule has 3 atom stereocenters. The number of hydrogen-bond donors (Lipinski definition) is 1. The van der Waals surface area contributed by atoms with E-state index in [1.54, 1.807) is 0 Å². The summed E-state index contributed by atoms with van der Waals surface area (Å²) in [5, 5.41) is 4.56. The first-order chi connectivity index (χ1) is 10.0. The third kappa shape index (κ3) is 4.45. The van der Waals surface area contributed by atoms with Gasteiger partial charge in [0.2, 0.25) is 0 Å². The molecule has 21 heavy (non-hydrogen) atoms. The molecule has 0 aliphatic carbocycles. The van der Waals surface area contributed by atoms with Gasteiger partial charge in [0.1, 0.15) is 0 Å². The predicted molar refractivity (Wildman–Crippen MR) is 91.7 cm³/mol. The Bertz CT molecular complexity index is 429. The van der Waals surface area contributed by atoms with E-state index >= 15 is 0 Å². The third-order valence-corrected chi connectivity index (χ3v) is 5.15. The van der Waals surface area contributed by atoms with Gasteiger partial charge in [-0.3, -0.25) is 4.90 Å². The molecule has 0 aromatic heterocycles. The number of piperazine rings is 1. The maximum Gasteiger partial charge on any atom is 0.0406 e. The zero-order chi connectivity index (χ0) is 15.4. The molecule has 1 fully saturated rings. The molecule has 0 bridgehead atoms. The van der Waals surface area contributed by atoms with Gasteiger partial charge in [-0.2, -0.15) is 0 Å². The van der Waals surface area contributed by atoms with Crippen molar-refractivity contribution < 1.29 is 0 Å². The van der Waals surface area contributed by atoms with Crippen molar-refractivity contribution in [3.63, 3.8) is 0 Å².